The molecule has 27 heavy (non-hydrogen) atoms. The van der Waals surface area contributed by atoms with Crippen molar-refractivity contribution in [3.8, 4) is 5.82 Å². The van der Waals surface area contributed by atoms with Crippen LogP contribution in [0.25, 0.3) is 5.82 Å². The molecule has 0 spiro atoms. The maximum absolute atomic E-state index is 5.28. The maximum atomic E-state index is 5.28. The Kier molecular flexibility index (Phi) is 3.89. The van der Waals surface area contributed by atoms with E-state index in [0.29, 0.717) is 17.7 Å². The molecule has 2 atom stereocenters. The highest BCUT2D eigenvalue weighted by atomic mass is 16.4. The van der Waals surface area contributed by atoms with Crippen LogP contribution in [0.1, 0.15) is 17.3 Å². The number of hydrogen-bond donors (Lipinski definition) is 0. The van der Waals surface area contributed by atoms with Crippen LogP contribution in [0.4, 0.5) is 5.82 Å². The predicted molar refractivity (Wildman–Crippen MR) is 97.4 cm³/mol. The molecular formula is C18H22N8O. The zero-order chi connectivity index (χ0) is 18.4. The lowest BCUT2D eigenvalue weighted by atomic mass is 10.0. The SMILES string of the molecule is Cc1cc(C)n(-c2cc(N3CC4CN(Cc5nnco5)CC4C3)ncn2)n1. The first-order chi connectivity index (χ1) is 13.2. The molecule has 140 valence electrons. The first-order valence-corrected chi connectivity index (χ1v) is 9.24. The summed E-state index contributed by atoms with van der Waals surface area (Å²) in [6.07, 6.45) is 3.03. The summed E-state index contributed by atoms with van der Waals surface area (Å²) >= 11 is 0. The first-order valence-electron chi connectivity index (χ1n) is 9.24. The summed E-state index contributed by atoms with van der Waals surface area (Å²) in [6.45, 7) is 8.91. The average Bonchev–Trinajstić information content (AvgIpc) is 3.40. The lowest BCUT2D eigenvalue weighted by Crippen LogP contribution is -2.29. The minimum absolute atomic E-state index is 0.639. The van der Waals surface area contributed by atoms with Crippen LogP contribution in [0.5, 0.6) is 0 Å². The van der Waals surface area contributed by atoms with Gasteiger partial charge < -0.3 is 9.32 Å². The second kappa shape index (κ2) is 6.41. The van der Waals surface area contributed by atoms with E-state index in [2.05, 4.69) is 41.1 Å². The molecule has 0 N–H and O–H groups in total. The van der Waals surface area contributed by atoms with Gasteiger partial charge >= 0.3 is 0 Å². The summed E-state index contributed by atoms with van der Waals surface area (Å²) in [5.74, 6) is 3.77. The number of anilines is 1. The van der Waals surface area contributed by atoms with Gasteiger partial charge in [-0.15, -0.1) is 10.2 Å². The molecular weight excluding hydrogens is 344 g/mol. The third kappa shape index (κ3) is 3.08. The Morgan fingerprint density at radius 2 is 1.81 bits per heavy atom. The van der Waals surface area contributed by atoms with Crippen molar-refractivity contribution in [1.82, 2.24) is 34.8 Å². The van der Waals surface area contributed by atoms with Gasteiger partial charge in [0.05, 0.1) is 12.2 Å². The minimum atomic E-state index is 0.639. The Labute approximate surface area is 157 Å². The van der Waals surface area contributed by atoms with E-state index in [0.717, 1.165) is 55.7 Å². The van der Waals surface area contributed by atoms with E-state index in [9.17, 15) is 0 Å². The maximum Gasteiger partial charge on any atom is 0.230 e. The van der Waals surface area contributed by atoms with E-state index in [-0.39, 0.29) is 0 Å². The lowest BCUT2D eigenvalue weighted by Gasteiger charge is -2.21. The summed E-state index contributed by atoms with van der Waals surface area (Å²) in [6, 6.07) is 4.09. The van der Waals surface area contributed by atoms with E-state index in [1.807, 2.05) is 24.6 Å². The van der Waals surface area contributed by atoms with Crippen LogP contribution in [-0.4, -0.2) is 61.0 Å². The van der Waals surface area contributed by atoms with Crippen molar-refractivity contribution in [3.05, 3.63) is 42.1 Å². The zero-order valence-corrected chi connectivity index (χ0v) is 15.5. The van der Waals surface area contributed by atoms with Gasteiger partial charge in [0.15, 0.2) is 5.82 Å². The summed E-state index contributed by atoms with van der Waals surface area (Å²) in [4.78, 5) is 13.7. The number of aromatic nitrogens is 6. The molecule has 2 aliphatic heterocycles. The number of hydrogen-bond acceptors (Lipinski definition) is 8. The van der Waals surface area contributed by atoms with Crippen molar-refractivity contribution >= 4 is 5.82 Å². The Morgan fingerprint density at radius 1 is 1.04 bits per heavy atom. The fourth-order valence-electron chi connectivity index (χ4n) is 4.35. The number of aryl methyl sites for hydroxylation is 2. The Hall–Kier alpha value is -2.81. The van der Waals surface area contributed by atoms with Crippen molar-refractivity contribution in [2.45, 2.75) is 20.4 Å². The summed E-state index contributed by atoms with van der Waals surface area (Å²) in [5, 5.41) is 12.3. The molecule has 0 saturated carbocycles. The van der Waals surface area contributed by atoms with Gasteiger partial charge in [0.1, 0.15) is 12.1 Å². The van der Waals surface area contributed by atoms with E-state index in [1.165, 1.54) is 6.39 Å². The van der Waals surface area contributed by atoms with E-state index < -0.39 is 0 Å². The van der Waals surface area contributed by atoms with Crippen LogP contribution in [0.15, 0.2) is 29.3 Å². The molecule has 3 aromatic rings. The smallest absolute Gasteiger partial charge is 0.230 e. The van der Waals surface area contributed by atoms with Gasteiger partial charge in [0.2, 0.25) is 12.3 Å². The molecule has 5 rings (SSSR count). The summed E-state index contributed by atoms with van der Waals surface area (Å²) in [5.41, 5.74) is 2.07. The number of rotatable bonds is 4. The molecule has 9 heteroatoms. The molecule has 0 bridgehead atoms. The Bertz CT molecular complexity index is 923. The molecule has 2 unspecified atom stereocenters. The Morgan fingerprint density at radius 3 is 2.48 bits per heavy atom. The van der Waals surface area contributed by atoms with Crippen molar-refractivity contribution < 1.29 is 4.42 Å². The molecule has 0 aliphatic carbocycles. The van der Waals surface area contributed by atoms with Gasteiger partial charge in [-0.3, -0.25) is 4.90 Å². The number of fused-ring (bicyclic) bond motifs is 1. The number of nitrogens with zero attached hydrogens (tertiary/aromatic N) is 8. The second-order valence-electron chi connectivity index (χ2n) is 7.53. The highest BCUT2D eigenvalue weighted by Crippen LogP contribution is 2.34. The van der Waals surface area contributed by atoms with Gasteiger partial charge in [-0.05, 0) is 31.7 Å². The predicted octanol–water partition coefficient (Wildman–Crippen LogP) is 1.23. The molecule has 0 radical (unpaired) electrons. The topological polar surface area (TPSA) is 89.0 Å². The number of likely N-dealkylation sites (tertiary alicyclic amines) is 1. The summed E-state index contributed by atoms with van der Waals surface area (Å²) < 4.78 is 7.15. The molecule has 9 nitrogen and oxygen atoms in total. The molecule has 5 heterocycles. The Balaban J connectivity index is 1.28. The lowest BCUT2D eigenvalue weighted by molar-refractivity contribution is 0.274. The van der Waals surface area contributed by atoms with Crippen molar-refractivity contribution in [2.24, 2.45) is 11.8 Å². The second-order valence-corrected chi connectivity index (χ2v) is 7.53. The molecule has 3 aromatic heterocycles. The van der Waals surface area contributed by atoms with Crippen LogP contribution in [-0.2, 0) is 6.54 Å². The first kappa shape index (κ1) is 16.4. The van der Waals surface area contributed by atoms with Crippen LogP contribution in [0.2, 0.25) is 0 Å². The highest BCUT2D eigenvalue weighted by Gasteiger charge is 2.40. The van der Waals surface area contributed by atoms with Gasteiger partial charge in [0, 0.05) is 37.9 Å². The van der Waals surface area contributed by atoms with Crippen LogP contribution in [0.3, 0.4) is 0 Å². The quantitative estimate of drug-likeness (QED) is 0.681. The van der Waals surface area contributed by atoms with E-state index in [1.54, 1.807) is 6.33 Å². The molecule has 0 aromatic carbocycles. The molecule has 2 aliphatic rings. The molecule has 2 fully saturated rings. The largest absolute Gasteiger partial charge is 0.427 e. The molecule has 2 saturated heterocycles. The van der Waals surface area contributed by atoms with E-state index in [4.69, 9.17) is 4.42 Å². The van der Waals surface area contributed by atoms with Crippen molar-refractivity contribution in [1.29, 1.82) is 0 Å². The minimum Gasteiger partial charge on any atom is -0.427 e. The van der Waals surface area contributed by atoms with Crippen LogP contribution < -0.4 is 4.90 Å². The van der Waals surface area contributed by atoms with Gasteiger partial charge in [0.25, 0.3) is 0 Å². The standard InChI is InChI=1S/C18H22N8O/c1-12-3-13(2)26(23-12)17-4-16(19-10-20-17)25-7-14-5-24(6-15(14)8-25)9-18-22-21-11-27-18/h3-4,10-11,14-15H,5-9H2,1-2H3. The summed E-state index contributed by atoms with van der Waals surface area (Å²) in [7, 11) is 0. The van der Waals surface area contributed by atoms with Crippen molar-refractivity contribution in [3.63, 3.8) is 0 Å². The normalized spacial score (nSPS) is 22.5. The van der Waals surface area contributed by atoms with E-state index >= 15 is 0 Å². The fourth-order valence-corrected chi connectivity index (χ4v) is 4.35. The third-order valence-corrected chi connectivity index (χ3v) is 5.51. The monoisotopic (exact) mass is 366 g/mol. The highest BCUT2D eigenvalue weighted by molar-refractivity contribution is 5.45. The van der Waals surface area contributed by atoms with Crippen LogP contribution in [0, 0.1) is 25.7 Å². The molecule has 0 amide bonds. The van der Waals surface area contributed by atoms with Gasteiger partial charge in [-0.25, -0.2) is 14.6 Å². The third-order valence-electron chi connectivity index (χ3n) is 5.51. The zero-order valence-electron chi connectivity index (χ0n) is 15.5. The van der Waals surface area contributed by atoms with Crippen molar-refractivity contribution in [2.75, 3.05) is 31.1 Å². The van der Waals surface area contributed by atoms with Gasteiger partial charge in [-0.1, -0.05) is 0 Å². The average molecular weight is 366 g/mol. The fraction of sp³-hybridized carbons (Fsp3) is 0.500. The van der Waals surface area contributed by atoms with Crippen LogP contribution >= 0.6 is 0 Å². The van der Waals surface area contributed by atoms with Gasteiger partial charge in [-0.2, -0.15) is 5.10 Å².